The number of benzene rings is 1. The molecule has 3 aromatic rings. The molecule has 0 aliphatic rings. The van der Waals surface area contributed by atoms with E-state index >= 15 is 0 Å². The van der Waals surface area contributed by atoms with Crippen LogP contribution in [0.15, 0.2) is 30.3 Å². The van der Waals surface area contributed by atoms with E-state index in [2.05, 4.69) is 15.5 Å². The molecule has 2 heterocycles. The Morgan fingerprint density at radius 1 is 1.20 bits per heavy atom. The van der Waals surface area contributed by atoms with Crippen LogP contribution >= 0.6 is 11.6 Å². The van der Waals surface area contributed by atoms with Gasteiger partial charge in [-0.3, -0.25) is 14.2 Å². The summed E-state index contributed by atoms with van der Waals surface area (Å²) < 4.78 is 41.5. The Morgan fingerprint density at radius 2 is 1.90 bits per heavy atom. The molecule has 2 aromatic heterocycles. The zero-order chi connectivity index (χ0) is 22.2. The van der Waals surface area contributed by atoms with Gasteiger partial charge in [0.1, 0.15) is 6.04 Å². The fraction of sp³-hybridized carbons (Fsp3) is 0.350. The molecule has 1 N–H and O–H groups in total. The Kier molecular flexibility index (Phi) is 5.94. The van der Waals surface area contributed by atoms with Gasteiger partial charge in [0.25, 0.3) is 0 Å². The van der Waals surface area contributed by atoms with E-state index in [1.807, 2.05) is 25.1 Å². The van der Waals surface area contributed by atoms with E-state index in [0.717, 1.165) is 22.0 Å². The Bertz CT molecular complexity index is 1090. The molecular formula is C20H21ClF3N5O. The number of carbonyl (C=O) groups excluding carboxylic acids is 1. The lowest BCUT2D eigenvalue weighted by atomic mass is 10.2. The maximum atomic E-state index is 12.9. The normalized spacial score (nSPS) is 12.8. The lowest BCUT2D eigenvalue weighted by Gasteiger charge is -2.15. The summed E-state index contributed by atoms with van der Waals surface area (Å²) in [5.41, 5.74) is 2.02. The molecule has 1 atom stereocenters. The zero-order valence-electron chi connectivity index (χ0n) is 16.9. The predicted octanol–water partition coefficient (Wildman–Crippen LogP) is 4.93. The summed E-state index contributed by atoms with van der Waals surface area (Å²) in [6, 6.07) is 7.36. The number of aromatic nitrogens is 4. The van der Waals surface area contributed by atoms with Crippen molar-refractivity contribution in [2.24, 2.45) is 0 Å². The summed E-state index contributed by atoms with van der Waals surface area (Å²) in [5, 5.41) is 11.4. The van der Waals surface area contributed by atoms with Gasteiger partial charge in [0, 0.05) is 10.7 Å². The van der Waals surface area contributed by atoms with Crippen LogP contribution in [0.3, 0.4) is 0 Å². The van der Waals surface area contributed by atoms with Crippen LogP contribution in [0.25, 0.3) is 0 Å². The number of alkyl halides is 3. The maximum Gasteiger partial charge on any atom is 0.435 e. The van der Waals surface area contributed by atoms with Crippen molar-refractivity contribution in [3.63, 3.8) is 0 Å². The average Bonchev–Trinajstić information content (AvgIpc) is 3.16. The van der Waals surface area contributed by atoms with E-state index in [-0.39, 0.29) is 5.69 Å². The first kappa shape index (κ1) is 21.9. The second-order valence-corrected chi connectivity index (χ2v) is 7.55. The van der Waals surface area contributed by atoms with Gasteiger partial charge in [0.05, 0.1) is 23.6 Å². The van der Waals surface area contributed by atoms with Crippen molar-refractivity contribution in [2.75, 3.05) is 5.32 Å². The van der Waals surface area contributed by atoms with Gasteiger partial charge in [-0.15, -0.1) is 0 Å². The van der Waals surface area contributed by atoms with Crippen LogP contribution in [-0.2, 0) is 17.5 Å². The number of anilines is 1. The fourth-order valence-corrected chi connectivity index (χ4v) is 3.41. The Hall–Kier alpha value is -2.81. The standard InChI is InChI=1S/C20H21ClF3N5O/c1-11-8-17(20(22,23)24)27-29(11)14(4)19(30)25-18-12(2)26-28(13(18)3)10-15-6-5-7-16(21)9-15/h5-9,14H,10H2,1-4H3,(H,25,30). The summed E-state index contributed by atoms with van der Waals surface area (Å²) in [6.07, 6.45) is -4.57. The van der Waals surface area contributed by atoms with Gasteiger partial charge in [0.2, 0.25) is 5.91 Å². The molecule has 160 valence electrons. The highest BCUT2D eigenvalue weighted by atomic mass is 35.5. The summed E-state index contributed by atoms with van der Waals surface area (Å²) in [7, 11) is 0. The molecule has 0 aliphatic heterocycles. The second-order valence-electron chi connectivity index (χ2n) is 7.11. The monoisotopic (exact) mass is 439 g/mol. The molecule has 0 bridgehead atoms. The van der Waals surface area contributed by atoms with Crippen molar-refractivity contribution in [2.45, 2.75) is 46.5 Å². The predicted molar refractivity (Wildman–Crippen MR) is 108 cm³/mol. The minimum Gasteiger partial charge on any atom is -0.321 e. The van der Waals surface area contributed by atoms with E-state index in [4.69, 9.17) is 11.6 Å². The number of carbonyl (C=O) groups is 1. The SMILES string of the molecule is Cc1nn(Cc2cccc(Cl)c2)c(C)c1NC(=O)C(C)n1nc(C(F)(F)F)cc1C. The van der Waals surface area contributed by atoms with Crippen LogP contribution in [0, 0.1) is 20.8 Å². The number of aryl methyl sites for hydroxylation is 2. The number of hydrogen-bond acceptors (Lipinski definition) is 3. The summed E-state index contributed by atoms with van der Waals surface area (Å²) in [5.74, 6) is -0.483. The molecule has 6 nitrogen and oxygen atoms in total. The van der Waals surface area contributed by atoms with E-state index < -0.39 is 23.8 Å². The fourth-order valence-electron chi connectivity index (χ4n) is 3.20. The van der Waals surface area contributed by atoms with Crippen LogP contribution in [0.1, 0.15) is 41.3 Å². The minimum absolute atomic E-state index is 0.245. The molecule has 1 unspecified atom stereocenters. The Morgan fingerprint density at radius 3 is 2.50 bits per heavy atom. The molecule has 10 heteroatoms. The zero-order valence-corrected chi connectivity index (χ0v) is 17.6. The first-order chi connectivity index (χ1) is 14.0. The molecule has 0 aliphatic carbocycles. The molecule has 0 spiro atoms. The van der Waals surface area contributed by atoms with Crippen LogP contribution in [-0.4, -0.2) is 25.5 Å². The number of rotatable bonds is 5. The molecule has 1 amide bonds. The van der Waals surface area contributed by atoms with E-state index in [0.29, 0.717) is 22.9 Å². The van der Waals surface area contributed by atoms with E-state index in [9.17, 15) is 18.0 Å². The van der Waals surface area contributed by atoms with Gasteiger partial charge in [-0.05, 0) is 51.5 Å². The summed E-state index contributed by atoms with van der Waals surface area (Å²) >= 11 is 6.03. The third-order valence-corrected chi connectivity index (χ3v) is 5.05. The third-order valence-electron chi connectivity index (χ3n) is 4.81. The highest BCUT2D eigenvalue weighted by molar-refractivity contribution is 6.30. The lowest BCUT2D eigenvalue weighted by Crippen LogP contribution is -2.26. The van der Waals surface area contributed by atoms with E-state index in [1.54, 1.807) is 17.7 Å². The molecule has 3 rings (SSSR count). The highest BCUT2D eigenvalue weighted by Crippen LogP contribution is 2.30. The molecular weight excluding hydrogens is 419 g/mol. The van der Waals surface area contributed by atoms with E-state index in [1.165, 1.54) is 13.8 Å². The second kappa shape index (κ2) is 8.14. The van der Waals surface area contributed by atoms with Crippen molar-refractivity contribution in [3.05, 3.63) is 63.7 Å². The van der Waals surface area contributed by atoms with Gasteiger partial charge in [-0.25, -0.2) is 0 Å². The third kappa shape index (κ3) is 4.51. The quantitative estimate of drug-likeness (QED) is 0.613. The minimum atomic E-state index is -4.57. The van der Waals surface area contributed by atoms with Gasteiger partial charge in [-0.1, -0.05) is 23.7 Å². The first-order valence-corrected chi connectivity index (χ1v) is 9.58. The van der Waals surface area contributed by atoms with Gasteiger partial charge >= 0.3 is 6.18 Å². The molecule has 1 aromatic carbocycles. The van der Waals surface area contributed by atoms with Crippen molar-refractivity contribution in [1.29, 1.82) is 0 Å². The van der Waals surface area contributed by atoms with Crippen molar-refractivity contribution < 1.29 is 18.0 Å². The maximum absolute atomic E-state index is 12.9. The number of halogens is 4. The van der Waals surface area contributed by atoms with Crippen LogP contribution < -0.4 is 5.32 Å². The molecule has 0 saturated carbocycles. The number of nitrogens with zero attached hydrogens (tertiary/aromatic N) is 4. The number of nitrogens with one attached hydrogen (secondary N) is 1. The van der Waals surface area contributed by atoms with Crippen LogP contribution in [0.5, 0.6) is 0 Å². The average molecular weight is 440 g/mol. The van der Waals surface area contributed by atoms with Gasteiger partial charge in [0.15, 0.2) is 5.69 Å². The number of amides is 1. The first-order valence-electron chi connectivity index (χ1n) is 9.20. The molecule has 30 heavy (non-hydrogen) atoms. The van der Waals surface area contributed by atoms with Gasteiger partial charge < -0.3 is 5.32 Å². The molecule has 0 fully saturated rings. The lowest BCUT2D eigenvalue weighted by molar-refractivity contribution is -0.141. The van der Waals surface area contributed by atoms with Crippen molar-refractivity contribution >= 4 is 23.2 Å². The summed E-state index contributed by atoms with van der Waals surface area (Å²) in [6.45, 7) is 7.00. The van der Waals surface area contributed by atoms with Crippen molar-refractivity contribution in [3.8, 4) is 0 Å². The molecule has 0 radical (unpaired) electrons. The summed E-state index contributed by atoms with van der Waals surface area (Å²) in [4.78, 5) is 12.7. The highest BCUT2D eigenvalue weighted by Gasteiger charge is 2.35. The topological polar surface area (TPSA) is 64.7 Å². The smallest absolute Gasteiger partial charge is 0.321 e. The van der Waals surface area contributed by atoms with Crippen LogP contribution in [0.4, 0.5) is 18.9 Å². The van der Waals surface area contributed by atoms with Gasteiger partial charge in [-0.2, -0.15) is 23.4 Å². The number of hydrogen-bond donors (Lipinski definition) is 1. The van der Waals surface area contributed by atoms with Crippen molar-refractivity contribution in [1.82, 2.24) is 19.6 Å². The molecule has 0 saturated heterocycles. The van der Waals surface area contributed by atoms with Crippen LogP contribution in [0.2, 0.25) is 5.02 Å². The largest absolute Gasteiger partial charge is 0.435 e. The Balaban J connectivity index is 1.80. The Labute approximate surface area is 176 Å².